The molecule has 1 amide bonds. The summed E-state index contributed by atoms with van der Waals surface area (Å²) < 4.78 is 5.17. The van der Waals surface area contributed by atoms with E-state index in [0.717, 1.165) is 6.08 Å². The van der Waals surface area contributed by atoms with Gasteiger partial charge in [-0.3, -0.25) is 4.79 Å². The van der Waals surface area contributed by atoms with Gasteiger partial charge in [0.25, 0.3) is 0 Å². The van der Waals surface area contributed by atoms with Gasteiger partial charge >= 0.3 is 5.97 Å². The first-order valence-corrected chi connectivity index (χ1v) is 6.19. The van der Waals surface area contributed by atoms with Gasteiger partial charge in [-0.15, -0.1) is 0 Å². The number of aliphatic hydroxyl groups excluding tert-OH is 4. The number of nitrogens with one attached hydrogen (secondary N) is 1. The van der Waals surface area contributed by atoms with Crippen LogP contribution in [-0.4, -0.2) is 74.0 Å². The monoisotopic (exact) mass is 305 g/mol. The van der Waals surface area contributed by atoms with Crippen LogP contribution in [0.25, 0.3) is 0 Å². The Morgan fingerprint density at radius 3 is 2.48 bits per heavy atom. The molecule has 0 aliphatic carbocycles. The Labute approximate surface area is 120 Å². The number of carbonyl (C=O) groups excluding carboxylic acids is 1. The van der Waals surface area contributed by atoms with Crippen molar-refractivity contribution in [2.45, 2.75) is 43.8 Å². The normalized spacial score (nSPS) is 31.6. The molecule has 0 aromatic carbocycles. The van der Waals surface area contributed by atoms with Crippen molar-refractivity contribution in [3.8, 4) is 0 Å². The van der Waals surface area contributed by atoms with E-state index in [1.54, 1.807) is 0 Å². The van der Waals surface area contributed by atoms with Gasteiger partial charge in [0.2, 0.25) is 11.7 Å². The van der Waals surface area contributed by atoms with Crippen LogP contribution in [-0.2, 0) is 14.3 Å². The molecule has 0 radical (unpaired) electrons. The molecule has 120 valence electrons. The van der Waals surface area contributed by atoms with Crippen molar-refractivity contribution in [3.05, 3.63) is 11.8 Å². The maximum absolute atomic E-state index is 11.2. The lowest BCUT2D eigenvalue weighted by Gasteiger charge is -2.46. The van der Waals surface area contributed by atoms with E-state index in [0.29, 0.717) is 0 Å². The highest BCUT2D eigenvalue weighted by Crippen LogP contribution is 2.32. The van der Waals surface area contributed by atoms with Gasteiger partial charge < -0.3 is 35.6 Å². The summed E-state index contributed by atoms with van der Waals surface area (Å²) in [6, 6.07) is -1.21. The number of ether oxygens (including phenoxy) is 1. The fourth-order valence-corrected chi connectivity index (χ4v) is 2.21. The molecule has 5 atom stereocenters. The molecule has 21 heavy (non-hydrogen) atoms. The number of carboxylic acids is 1. The molecule has 0 fully saturated rings. The Balaban J connectivity index is 3.23. The molecule has 0 aromatic rings. The Hall–Kier alpha value is -1.68. The molecule has 9 heteroatoms. The summed E-state index contributed by atoms with van der Waals surface area (Å²) in [4.78, 5) is 22.2. The van der Waals surface area contributed by atoms with Crippen LogP contribution in [0.3, 0.4) is 0 Å². The maximum atomic E-state index is 11.2. The smallest absolute Gasteiger partial charge is 0.370 e. The van der Waals surface area contributed by atoms with Gasteiger partial charge in [-0.2, -0.15) is 0 Å². The van der Waals surface area contributed by atoms with Crippen molar-refractivity contribution in [2.24, 2.45) is 0 Å². The van der Waals surface area contributed by atoms with Crippen molar-refractivity contribution in [1.29, 1.82) is 0 Å². The second-order valence-electron chi connectivity index (χ2n) is 4.99. The van der Waals surface area contributed by atoms with E-state index in [9.17, 15) is 24.9 Å². The molecule has 0 saturated carbocycles. The zero-order valence-corrected chi connectivity index (χ0v) is 11.6. The number of carbonyl (C=O) groups is 2. The second kappa shape index (κ2) is 6.39. The zero-order valence-electron chi connectivity index (χ0n) is 11.6. The van der Waals surface area contributed by atoms with Gasteiger partial charge in [-0.1, -0.05) is 0 Å². The molecule has 9 nitrogen and oxygen atoms in total. The molecule has 1 aliphatic heterocycles. The first kappa shape index (κ1) is 17.4. The molecule has 1 heterocycles. The molecule has 1 rings (SSSR count). The van der Waals surface area contributed by atoms with Gasteiger partial charge in [0.05, 0.1) is 6.61 Å². The lowest BCUT2D eigenvalue weighted by Crippen LogP contribution is -2.67. The van der Waals surface area contributed by atoms with Crippen LogP contribution in [0.1, 0.15) is 13.8 Å². The van der Waals surface area contributed by atoms with E-state index in [2.05, 4.69) is 5.32 Å². The van der Waals surface area contributed by atoms with E-state index in [1.807, 2.05) is 0 Å². The van der Waals surface area contributed by atoms with E-state index in [-0.39, 0.29) is 0 Å². The number of amides is 1. The van der Waals surface area contributed by atoms with Gasteiger partial charge in [0.1, 0.15) is 24.4 Å². The lowest BCUT2D eigenvalue weighted by molar-refractivity contribution is -0.181. The maximum Gasteiger partial charge on any atom is 0.370 e. The quantitative estimate of drug-likeness (QED) is 0.321. The summed E-state index contributed by atoms with van der Waals surface area (Å²) in [5, 5.41) is 49.8. The van der Waals surface area contributed by atoms with E-state index in [1.165, 1.54) is 13.8 Å². The van der Waals surface area contributed by atoms with Crippen LogP contribution in [0.5, 0.6) is 0 Å². The van der Waals surface area contributed by atoms with Crippen molar-refractivity contribution >= 4 is 11.9 Å². The molecule has 0 bridgehead atoms. The van der Waals surface area contributed by atoms with Crippen molar-refractivity contribution in [2.75, 3.05) is 6.61 Å². The van der Waals surface area contributed by atoms with Crippen LogP contribution in [0.2, 0.25) is 0 Å². The number of carboxylic acid groups (broad SMARTS) is 1. The highest BCUT2D eigenvalue weighted by Gasteiger charge is 2.52. The Morgan fingerprint density at radius 1 is 1.48 bits per heavy atom. The number of rotatable bonds is 5. The third kappa shape index (κ3) is 3.50. The first-order chi connectivity index (χ1) is 9.63. The van der Waals surface area contributed by atoms with Crippen LogP contribution in [0.4, 0.5) is 0 Å². The summed E-state index contributed by atoms with van der Waals surface area (Å²) in [6.45, 7) is 1.57. The minimum atomic E-state index is -1.85. The van der Waals surface area contributed by atoms with Crippen molar-refractivity contribution in [1.82, 2.24) is 5.32 Å². The zero-order chi connectivity index (χ0) is 16.4. The van der Waals surface area contributed by atoms with E-state index < -0.39 is 54.2 Å². The van der Waals surface area contributed by atoms with Gasteiger partial charge in [-0.25, -0.2) is 4.79 Å². The Kier molecular flexibility index (Phi) is 5.29. The largest absolute Gasteiger partial charge is 0.475 e. The molecule has 0 saturated heterocycles. The lowest BCUT2D eigenvalue weighted by atomic mass is 9.81. The highest BCUT2D eigenvalue weighted by atomic mass is 16.5. The van der Waals surface area contributed by atoms with E-state index in [4.69, 9.17) is 14.9 Å². The summed E-state index contributed by atoms with van der Waals surface area (Å²) in [5.41, 5.74) is -1.85. The summed E-state index contributed by atoms with van der Waals surface area (Å²) in [6.07, 6.45) is -3.98. The molecular formula is C12H19NO8. The first-order valence-electron chi connectivity index (χ1n) is 6.19. The van der Waals surface area contributed by atoms with Crippen LogP contribution in [0.15, 0.2) is 11.8 Å². The van der Waals surface area contributed by atoms with Crippen LogP contribution < -0.4 is 5.32 Å². The Bertz CT molecular complexity index is 451. The third-order valence-electron chi connectivity index (χ3n) is 3.32. The predicted molar refractivity (Wildman–Crippen MR) is 67.9 cm³/mol. The summed E-state index contributed by atoms with van der Waals surface area (Å²) >= 11 is 0. The van der Waals surface area contributed by atoms with Crippen LogP contribution >= 0.6 is 0 Å². The molecule has 6 N–H and O–H groups in total. The number of hydrogen-bond donors (Lipinski definition) is 6. The standard InChI is InChI=1S/C12H19NO8/c1-5(15)13-9-6(16)3-8(11(19)20)21-12(9,2)10(18)7(17)4-14/h3,6-7,9-10,14,16-18H,4H2,1-2H3,(H,13,15)(H,19,20)/t6-,7+,9+,10+,12+/m0/s1. The topological polar surface area (TPSA) is 157 Å². The van der Waals surface area contributed by atoms with Gasteiger partial charge in [0.15, 0.2) is 5.60 Å². The van der Waals surface area contributed by atoms with Crippen molar-refractivity contribution in [3.63, 3.8) is 0 Å². The Morgan fingerprint density at radius 2 is 2.05 bits per heavy atom. The molecular weight excluding hydrogens is 286 g/mol. The predicted octanol–water partition coefficient (Wildman–Crippen LogP) is -2.68. The molecule has 0 spiro atoms. The average molecular weight is 305 g/mol. The highest BCUT2D eigenvalue weighted by molar-refractivity contribution is 5.85. The summed E-state index contributed by atoms with van der Waals surface area (Å²) in [7, 11) is 0. The van der Waals surface area contributed by atoms with Crippen LogP contribution in [0, 0.1) is 0 Å². The molecule has 0 aromatic heterocycles. The fraction of sp³-hybridized carbons (Fsp3) is 0.667. The second-order valence-corrected chi connectivity index (χ2v) is 4.99. The van der Waals surface area contributed by atoms with Crippen molar-refractivity contribution < 1.29 is 39.9 Å². The van der Waals surface area contributed by atoms with Gasteiger partial charge in [-0.05, 0) is 13.0 Å². The molecule has 0 unspecified atom stereocenters. The minimum Gasteiger partial charge on any atom is -0.475 e. The fourth-order valence-electron chi connectivity index (χ4n) is 2.21. The molecule has 1 aliphatic rings. The number of aliphatic hydroxyl groups is 4. The van der Waals surface area contributed by atoms with E-state index >= 15 is 0 Å². The number of hydrogen-bond acceptors (Lipinski definition) is 7. The van der Waals surface area contributed by atoms with Gasteiger partial charge in [0, 0.05) is 6.92 Å². The number of aliphatic carboxylic acids is 1. The minimum absolute atomic E-state index is 0.549. The SMILES string of the molecule is CC(=O)N[C@@H]1[C@@H](O)C=C(C(=O)O)O[C@@]1(C)[C@H](O)[C@H](O)CO. The average Bonchev–Trinajstić information content (AvgIpc) is 2.40. The summed E-state index contributed by atoms with van der Waals surface area (Å²) in [5.74, 6) is -2.66. The third-order valence-corrected chi connectivity index (χ3v) is 3.32.